The van der Waals surface area contributed by atoms with Gasteiger partial charge in [-0.2, -0.15) is 18.3 Å². The van der Waals surface area contributed by atoms with Gasteiger partial charge in [-0.1, -0.05) is 18.2 Å². The van der Waals surface area contributed by atoms with E-state index in [4.69, 9.17) is 0 Å². The van der Waals surface area contributed by atoms with Crippen LogP contribution >= 0.6 is 0 Å². The van der Waals surface area contributed by atoms with Crippen molar-refractivity contribution in [2.75, 3.05) is 0 Å². The van der Waals surface area contributed by atoms with Crippen LogP contribution in [0.25, 0.3) is 0 Å². The van der Waals surface area contributed by atoms with Crippen molar-refractivity contribution in [1.29, 1.82) is 0 Å². The maximum atomic E-state index is 12.6. The molecule has 106 valence electrons. The first-order valence-electron chi connectivity index (χ1n) is 6.01. The van der Waals surface area contributed by atoms with Gasteiger partial charge < -0.3 is 0 Å². The van der Waals surface area contributed by atoms with Crippen LogP contribution in [0.1, 0.15) is 16.8 Å². The van der Waals surface area contributed by atoms with Crippen LogP contribution in [0.15, 0.2) is 36.5 Å². The Morgan fingerprint density at radius 1 is 1.25 bits per heavy atom. The van der Waals surface area contributed by atoms with E-state index in [0.29, 0.717) is 11.3 Å². The molecule has 0 fully saturated rings. The van der Waals surface area contributed by atoms with Crippen LogP contribution in [0, 0.1) is 0 Å². The van der Waals surface area contributed by atoms with E-state index in [9.17, 15) is 18.0 Å². The molecule has 0 saturated carbocycles. The first-order valence-corrected chi connectivity index (χ1v) is 6.01. The highest BCUT2D eigenvalue weighted by atomic mass is 19.4. The Bertz CT molecular complexity index is 617. The molecular formula is C14H13F3N2O. The number of rotatable bonds is 4. The summed E-state index contributed by atoms with van der Waals surface area (Å²) in [6, 6.07) is 6.55. The van der Waals surface area contributed by atoms with Gasteiger partial charge >= 0.3 is 6.18 Å². The molecule has 2 aromatic rings. The van der Waals surface area contributed by atoms with E-state index in [2.05, 4.69) is 5.10 Å². The third-order valence-electron chi connectivity index (χ3n) is 2.80. The van der Waals surface area contributed by atoms with Crippen molar-refractivity contribution in [1.82, 2.24) is 9.78 Å². The normalized spacial score (nSPS) is 11.6. The van der Waals surface area contributed by atoms with Crippen molar-refractivity contribution >= 4 is 5.78 Å². The lowest BCUT2D eigenvalue weighted by Crippen LogP contribution is -2.09. The molecule has 0 amide bonds. The summed E-state index contributed by atoms with van der Waals surface area (Å²) < 4.78 is 39.2. The van der Waals surface area contributed by atoms with Gasteiger partial charge in [0.05, 0.1) is 17.7 Å². The summed E-state index contributed by atoms with van der Waals surface area (Å²) in [5.74, 6) is -0.164. The molecule has 3 nitrogen and oxygen atoms in total. The van der Waals surface area contributed by atoms with Crippen LogP contribution in [0.3, 0.4) is 0 Å². The number of carbonyl (C=O) groups excluding carboxylic acids is 1. The van der Waals surface area contributed by atoms with Crippen molar-refractivity contribution in [2.45, 2.75) is 19.0 Å². The van der Waals surface area contributed by atoms with Gasteiger partial charge in [0.2, 0.25) is 0 Å². The molecule has 0 N–H and O–H groups in total. The van der Waals surface area contributed by atoms with Crippen LogP contribution in [0.2, 0.25) is 0 Å². The fraction of sp³-hybridized carbons (Fsp3) is 0.286. The second kappa shape index (κ2) is 5.48. The Kier molecular flexibility index (Phi) is 3.92. The number of nitrogens with zero attached hydrogens (tertiary/aromatic N) is 2. The summed E-state index contributed by atoms with van der Waals surface area (Å²) in [5.41, 5.74) is 0.242. The fourth-order valence-corrected chi connectivity index (χ4v) is 1.91. The minimum atomic E-state index is -4.39. The summed E-state index contributed by atoms with van der Waals surface area (Å²) in [7, 11) is 1.74. The van der Waals surface area contributed by atoms with Gasteiger partial charge in [-0.05, 0) is 17.7 Å². The maximum absolute atomic E-state index is 12.6. The number of hydrogen-bond donors (Lipinski definition) is 0. The summed E-state index contributed by atoms with van der Waals surface area (Å²) in [6.07, 6.45) is -2.58. The van der Waals surface area contributed by atoms with Crippen LogP contribution in [-0.2, 0) is 30.9 Å². The van der Waals surface area contributed by atoms with Crippen LogP contribution < -0.4 is 0 Å². The zero-order valence-electron chi connectivity index (χ0n) is 10.8. The van der Waals surface area contributed by atoms with Crippen molar-refractivity contribution in [3.05, 3.63) is 53.3 Å². The molecule has 1 aromatic carbocycles. The number of benzene rings is 1. The molecule has 0 bridgehead atoms. The number of carbonyl (C=O) groups is 1. The molecule has 1 heterocycles. The Hall–Kier alpha value is -2.11. The molecule has 6 heteroatoms. The second-order valence-electron chi connectivity index (χ2n) is 4.57. The summed E-state index contributed by atoms with van der Waals surface area (Å²) in [4.78, 5) is 11.8. The van der Waals surface area contributed by atoms with Crippen molar-refractivity contribution in [2.24, 2.45) is 7.05 Å². The Balaban J connectivity index is 2.04. The number of aryl methyl sites for hydroxylation is 1. The third-order valence-corrected chi connectivity index (χ3v) is 2.80. The number of alkyl halides is 3. The molecule has 0 aliphatic rings. The van der Waals surface area contributed by atoms with E-state index < -0.39 is 11.7 Å². The fourth-order valence-electron chi connectivity index (χ4n) is 1.91. The monoisotopic (exact) mass is 282 g/mol. The lowest BCUT2D eigenvalue weighted by molar-refractivity contribution is -0.137. The molecule has 0 aliphatic carbocycles. The molecule has 0 radical (unpaired) electrons. The summed E-state index contributed by atoms with van der Waals surface area (Å²) in [5, 5.41) is 4.06. The maximum Gasteiger partial charge on any atom is 0.416 e. The van der Waals surface area contributed by atoms with Crippen LogP contribution in [0.4, 0.5) is 13.2 Å². The molecule has 0 spiro atoms. The molecular weight excluding hydrogens is 269 g/mol. The number of halogens is 3. The van der Waals surface area contributed by atoms with Gasteiger partial charge in [-0.15, -0.1) is 0 Å². The van der Waals surface area contributed by atoms with E-state index in [1.165, 1.54) is 12.1 Å². The van der Waals surface area contributed by atoms with Crippen LogP contribution in [-0.4, -0.2) is 15.6 Å². The first kappa shape index (κ1) is 14.3. The van der Waals surface area contributed by atoms with E-state index in [1.807, 2.05) is 0 Å². The molecule has 0 unspecified atom stereocenters. The topological polar surface area (TPSA) is 34.9 Å². The number of aromatic nitrogens is 2. The molecule has 0 aliphatic heterocycles. The van der Waals surface area contributed by atoms with Gasteiger partial charge in [-0.3, -0.25) is 9.48 Å². The Labute approximate surface area is 114 Å². The number of ketones is 1. The number of hydrogen-bond acceptors (Lipinski definition) is 2. The average molecular weight is 282 g/mol. The van der Waals surface area contributed by atoms with Gasteiger partial charge in [0.25, 0.3) is 0 Å². The van der Waals surface area contributed by atoms with Gasteiger partial charge in [-0.25, -0.2) is 0 Å². The highest BCUT2D eigenvalue weighted by molar-refractivity contribution is 5.82. The SMILES string of the molecule is Cn1ccc(CC(=O)Cc2cccc(C(F)(F)F)c2)n1. The quantitative estimate of drug-likeness (QED) is 0.864. The zero-order chi connectivity index (χ0) is 14.8. The summed E-state index contributed by atoms with van der Waals surface area (Å²) >= 11 is 0. The highest BCUT2D eigenvalue weighted by Crippen LogP contribution is 2.29. The smallest absolute Gasteiger partial charge is 0.299 e. The first-order chi connectivity index (χ1) is 9.34. The van der Waals surface area contributed by atoms with E-state index in [-0.39, 0.29) is 18.6 Å². The molecule has 20 heavy (non-hydrogen) atoms. The predicted molar refractivity (Wildman–Crippen MR) is 67.1 cm³/mol. The molecule has 0 atom stereocenters. The minimum Gasteiger partial charge on any atom is -0.299 e. The Morgan fingerprint density at radius 2 is 2.00 bits per heavy atom. The lowest BCUT2D eigenvalue weighted by Gasteiger charge is -2.08. The standard InChI is InChI=1S/C14H13F3N2O/c1-19-6-5-12(18-19)9-13(20)8-10-3-2-4-11(7-10)14(15,16)17/h2-7H,8-9H2,1H3. The lowest BCUT2D eigenvalue weighted by atomic mass is 10.0. The minimum absolute atomic E-state index is 0.0273. The van der Waals surface area contributed by atoms with Gasteiger partial charge in [0, 0.05) is 19.7 Å². The third kappa shape index (κ3) is 3.69. The molecule has 0 saturated heterocycles. The summed E-state index contributed by atoms with van der Waals surface area (Å²) in [6.45, 7) is 0. The second-order valence-corrected chi connectivity index (χ2v) is 4.57. The average Bonchev–Trinajstić information content (AvgIpc) is 2.73. The Morgan fingerprint density at radius 3 is 2.60 bits per heavy atom. The molecule has 2 rings (SSSR count). The largest absolute Gasteiger partial charge is 0.416 e. The number of Topliss-reactive ketones (excluding diaryl/α,β-unsaturated/α-hetero) is 1. The molecule has 1 aromatic heterocycles. The van der Waals surface area contributed by atoms with E-state index in [0.717, 1.165) is 12.1 Å². The van der Waals surface area contributed by atoms with E-state index >= 15 is 0 Å². The van der Waals surface area contributed by atoms with Crippen molar-refractivity contribution in [3.8, 4) is 0 Å². The van der Waals surface area contributed by atoms with Crippen molar-refractivity contribution < 1.29 is 18.0 Å². The predicted octanol–water partition coefficient (Wildman–Crippen LogP) is 2.79. The van der Waals surface area contributed by atoms with Crippen LogP contribution in [0.5, 0.6) is 0 Å². The van der Waals surface area contributed by atoms with Gasteiger partial charge in [0.1, 0.15) is 5.78 Å². The van der Waals surface area contributed by atoms with E-state index in [1.54, 1.807) is 24.0 Å². The zero-order valence-corrected chi connectivity index (χ0v) is 10.8. The van der Waals surface area contributed by atoms with Crippen molar-refractivity contribution in [3.63, 3.8) is 0 Å². The van der Waals surface area contributed by atoms with Gasteiger partial charge in [0.15, 0.2) is 0 Å². The highest BCUT2D eigenvalue weighted by Gasteiger charge is 2.30.